The van der Waals surface area contributed by atoms with Crippen LogP contribution in [-0.4, -0.2) is 39.9 Å². The van der Waals surface area contributed by atoms with Gasteiger partial charge in [0.05, 0.1) is 10.8 Å². The van der Waals surface area contributed by atoms with Crippen molar-refractivity contribution >= 4 is 17.6 Å². The van der Waals surface area contributed by atoms with Gasteiger partial charge in [0.15, 0.2) is 0 Å². The summed E-state index contributed by atoms with van der Waals surface area (Å²) in [7, 11) is 0. The lowest BCUT2D eigenvalue weighted by molar-refractivity contribution is -0.384. The van der Waals surface area contributed by atoms with Crippen molar-refractivity contribution < 1.29 is 19.6 Å². The van der Waals surface area contributed by atoms with E-state index in [0.717, 1.165) is 0 Å². The van der Waals surface area contributed by atoms with Crippen LogP contribution in [-0.2, 0) is 4.79 Å². The Kier molecular flexibility index (Phi) is 3.69. The van der Waals surface area contributed by atoms with E-state index >= 15 is 0 Å². The third-order valence-electron chi connectivity index (χ3n) is 3.54. The number of amides is 1. The molecule has 2 atom stereocenters. The lowest BCUT2D eigenvalue weighted by Gasteiger charge is -2.15. The second kappa shape index (κ2) is 5.28. The van der Waals surface area contributed by atoms with Crippen molar-refractivity contribution in [2.75, 3.05) is 13.1 Å². The first-order chi connectivity index (χ1) is 9.40. The molecule has 0 spiro atoms. The summed E-state index contributed by atoms with van der Waals surface area (Å²) in [5.41, 5.74) is 0.244. The molecule has 0 aromatic heterocycles. The minimum atomic E-state index is -0.906. The van der Waals surface area contributed by atoms with Gasteiger partial charge in [0, 0.05) is 30.8 Å². The van der Waals surface area contributed by atoms with Crippen molar-refractivity contribution in [1.29, 1.82) is 0 Å². The summed E-state index contributed by atoms with van der Waals surface area (Å²) >= 11 is 0. The summed E-state index contributed by atoms with van der Waals surface area (Å²) in [6.45, 7) is 2.35. The molecule has 7 nitrogen and oxygen atoms in total. The Morgan fingerprint density at radius 2 is 1.90 bits per heavy atom. The molecule has 1 amide bonds. The van der Waals surface area contributed by atoms with E-state index < -0.39 is 16.8 Å². The number of carbonyl (C=O) groups is 2. The first kappa shape index (κ1) is 14.0. The number of carboxylic acids is 1. The average molecular weight is 278 g/mol. The molecule has 20 heavy (non-hydrogen) atoms. The molecule has 2 rings (SSSR count). The SMILES string of the molecule is CC1CN(C(=O)c2ccc([N+](=O)[O-])cc2)CC1C(=O)O. The maximum Gasteiger partial charge on any atom is 0.308 e. The van der Waals surface area contributed by atoms with Crippen LogP contribution in [0.15, 0.2) is 24.3 Å². The fraction of sp³-hybridized carbons (Fsp3) is 0.385. The smallest absolute Gasteiger partial charge is 0.308 e. The number of rotatable bonds is 3. The first-order valence-electron chi connectivity index (χ1n) is 6.16. The number of non-ortho nitro benzene ring substituents is 1. The largest absolute Gasteiger partial charge is 0.481 e. The number of hydrogen-bond acceptors (Lipinski definition) is 4. The van der Waals surface area contributed by atoms with E-state index in [2.05, 4.69) is 0 Å². The van der Waals surface area contributed by atoms with Gasteiger partial charge in [-0.15, -0.1) is 0 Å². The summed E-state index contributed by atoms with van der Waals surface area (Å²) < 4.78 is 0. The lowest BCUT2D eigenvalue weighted by Crippen LogP contribution is -2.29. The maximum absolute atomic E-state index is 12.2. The molecule has 1 saturated heterocycles. The van der Waals surface area contributed by atoms with E-state index in [1.807, 2.05) is 0 Å². The van der Waals surface area contributed by atoms with Gasteiger partial charge in [-0.05, 0) is 18.1 Å². The van der Waals surface area contributed by atoms with E-state index in [1.165, 1.54) is 29.2 Å². The predicted octanol–water partition coefficient (Wildman–Crippen LogP) is 1.39. The first-order valence-corrected chi connectivity index (χ1v) is 6.16. The standard InChI is InChI=1S/C13H14N2O5/c1-8-6-14(7-11(8)13(17)18)12(16)9-2-4-10(5-3-9)15(19)20/h2-5,8,11H,6-7H2,1H3,(H,17,18). The van der Waals surface area contributed by atoms with Crippen molar-refractivity contribution in [2.45, 2.75) is 6.92 Å². The molecule has 1 aliphatic heterocycles. The lowest BCUT2D eigenvalue weighted by atomic mass is 9.99. The maximum atomic E-state index is 12.2. The van der Waals surface area contributed by atoms with Crippen LogP contribution in [0.2, 0.25) is 0 Å². The fourth-order valence-corrected chi connectivity index (χ4v) is 2.36. The third-order valence-corrected chi connectivity index (χ3v) is 3.54. The van der Waals surface area contributed by atoms with Gasteiger partial charge in [-0.1, -0.05) is 6.92 Å². The number of nitrogens with zero attached hydrogens (tertiary/aromatic N) is 2. The van der Waals surface area contributed by atoms with Crippen LogP contribution in [0.3, 0.4) is 0 Å². The van der Waals surface area contributed by atoms with Crippen LogP contribution in [0.1, 0.15) is 17.3 Å². The van der Waals surface area contributed by atoms with Crippen LogP contribution in [0.25, 0.3) is 0 Å². The number of aliphatic carboxylic acids is 1. The number of carbonyl (C=O) groups excluding carboxylic acids is 1. The molecule has 106 valence electrons. The number of likely N-dealkylation sites (tertiary alicyclic amines) is 1. The highest BCUT2D eigenvalue weighted by molar-refractivity contribution is 5.95. The average Bonchev–Trinajstić information content (AvgIpc) is 2.80. The van der Waals surface area contributed by atoms with Crippen LogP contribution in [0.4, 0.5) is 5.69 Å². The summed E-state index contributed by atoms with van der Waals surface area (Å²) in [5, 5.41) is 19.6. The molecule has 1 N–H and O–H groups in total. The Morgan fingerprint density at radius 1 is 1.30 bits per heavy atom. The molecule has 1 heterocycles. The van der Waals surface area contributed by atoms with Crippen molar-refractivity contribution in [3.63, 3.8) is 0 Å². The third kappa shape index (κ3) is 2.61. The highest BCUT2D eigenvalue weighted by atomic mass is 16.6. The topological polar surface area (TPSA) is 101 Å². The molecule has 0 saturated carbocycles. The van der Waals surface area contributed by atoms with E-state index in [4.69, 9.17) is 5.11 Å². The van der Waals surface area contributed by atoms with Gasteiger partial charge >= 0.3 is 5.97 Å². The zero-order valence-corrected chi connectivity index (χ0v) is 10.9. The Balaban J connectivity index is 2.12. The van der Waals surface area contributed by atoms with Crippen LogP contribution in [0, 0.1) is 22.0 Å². The van der Waals surface area contributed by atoms with Gasteiger partial charge in [0.2, 0.25) is 0 Å². The van der Waals surface area contributed by atoms with Gasteiger partial charge in [-0.25, -0.2) is 0 Å². The van der Waals surface area contributed by atoms with Crippen LogP contribution in [0.5, 0.6) is 0 Å². The van der Waals surface area contributed by atoms with Gasteiger partial charge in [-0.3, -0.25) is 19.7 Å². The summed E-state index contributed by atoms with van der Waals surface area (Å²) in [6.07, 6.45) is 0. The Labute approximate surface area is 115 Å². The zero-order valence-electron chi connectivity index (χ0n) is 10.9. The van der Waals surface area contributed by atoms with E-state index in [-0.39, 0.29) is 24.1 Å². The molecule has 7 heteroatoms. The van der Waals surface area contributed by atoms with Gasteiger partial charge < -0.3 is 10.0 Å². The summed E-state index contributed by atoms with van der Waals surface area (Å²) in [6, 6.07) is 5.31. The summed E-state index contributed by atoms with van der Waals surface area (Å²) in [4.78, 5) is 34.7. The van der Waals surface area contributed by atoms with Crippen molar-refractivity contribution in [1.82, 2.24) is 4.90 Å². The molecule has 1 aliphatic rings. The number of nitro groups is 1. The van der Waals surface area contributed by atoms with Crippen LogP contribution >= 0.6 is 0 Å². The van der Waals surface area contributed by atoms with Crippen molar-refractivity contribution in [3.8, 4) is 0 Å². The number of hydrogen-bond donors (Lipinski definition) is 1. The molecule has 1 fully saturated rings. The van der Waals surface area contributed by atoms with E-state index in [9.17, 15) is 19.7 Å². The van der Waals surface area contributed by atoms with Crippen molar-refractivity contribution in [3.05, 3.63) is 39.9 Å². The second-order valence-electron chi connectivity index (χ2n) is 4.94. The quantitative estimate of drug-likeness (QED) is 0.665. The molecule has 0 aliphatic carbocycles. The highest BCUT2D eigenvalue weighted by Crippen LogP contribution is 2.25. The molecule has 2 unspecified atom stereocenters. The number of nitro benzene ring substituents is 1. The molecular formula is C13H14N2O5. The molecule has 1 aromatic carbocycles. The van der Waals surface area contributed by atoms with E-state index in [1.54, 1.807) is 6.92 Å². The Bertz CT molecular complexity index is 554. The predicted molar refractivity (Wildman–Crippen MR) is 69.3 cm³/mol. The summed E-state index contributed by atoms with van der Waals surface area (Å²) in [5.74, 6) is -1.86. The van der Waals surface area contributed by atoms with E-state index in [0.29, 0.717) is 12.1 Å². The monoisotopic (exact) mass is 278 g/mol. The number of benzene rings is 1. The van der Waals surface area contributed by atoms with Crippen LogP contribution < -0.4 is 0 Å². The molecule has 0 bridgehead atoms. The molecular weight excluding hydrogens is 264 g/mol. The Morgan fingerprint density at radius 3 is 2.35 bits per heavy atom. The highest BCUT2D eigenvalue weighted by Gasteiger charge is 2.37. The second-order valence-corrected chi connectivity index (χ2v) is 4.94. The normalized spacial score (nSPS) is 21.8. The number of carboxylic acid groups (broad SMARTS) is 1. The fourth-order valence-electron chi connectivity index (χ4n) is 2.36. The van der Waals surface area contributed by atoms with Gasteiger partial charge in [-0.2, -0.15) is 0 Å². The van der Waals surface area contributed by atoms with Crippen molar-refractivity contribution in [2.24, 2.45) is 11.8 Å². The molecule has 0 radical (unpaired) electrons. The minimum Gasteiger partial charge on any atom is -0.481 e. The minimum absolute atomic E-state index is 0.0836. The molecule has 1 aromatic rings. The van der Waals surface area contributed by atoms with Gasteiger partial charge in [0.25, 0.3) is 11.6 Å². The van der Waals surface area contributed by atoms with Gasteiger partial charge in [0.1, 0.15) is 0 Å². The Hall–Kier alpha value is -2.44. The zero-order chi connectivity index (χ0) is 14.9.